The number of aromatic nitrogens is 1. The highest BCUT2D eigenvalue weighted by Gasteiger charge is 2.49. The Balaban J connectivity index is 1.53. The molecule has 0 N–H and O–H groups in total. The van der Waals surface area contributed by atoms with Crippen molar-refractivity contribution in [2.45, 2.75) is 12.8 Å². The summed E-state index contributed by atoms with van der Waals surface area (Å²) in [6, 6.07) is 5.73. The van der Waals surface area contributed by atoms with Crippen molar-refractivity contribution in [2.24, 2.45) is 0 Å². The van der Waals surface area contributed by atoms with E-state index in [1.54, 1.807) is 9.34 Å². The van der Waals surface area contributed by atoms with E-state index in [0.29, 0.717) is 31.7 Å². The van der Waals surface area contributed by atoms with Crippen LogP contribution in [0.5, 0.6) is 11.5 Å². The Hall–Kier alpha value is -2.53. The second kappa shape index (κ2) is 7.62. The Labute approximate surface area is 168 Å². The average Bonchev–Trinajstić information content (AvgIpc) is 3.57. The van der Waals surface area contributed by atoms with Gasteiger partial charge in [0.25, 0.3) is 0 Å². The van der Waals surface area contributed by atoms with Gasteiger partial charge in [0.05, 0.1) is 17.7 Å². The number of hydrogen-bond donors (Lipinski definition) is 0. The maximum atomic E-state index is 13.0. The molecule has 2 aliphatic rings. The van der Waals surface area contributed by atoms with Gasteiger partial charge in [0.2, 0.25) is 5.75 Å². The lowest BCUT2D eigenvalue weighted by molar-refractivity contribution is -0.385. The van der Waals surface area contributed by atoms with E-state index in [9.17, 15) is 27.9 Å². The molecular formula is C17H16F3N4O5P. The van der Waals surface area contributed by atoms with Gasteiger partial charge in [-0.2, -0.15) is 13.2 Å². The molecular weight excluding hydrogens is 428 g/mol. The van der Waals surface area contributed by atoms with E-state index in [-0.39, 0.29) is 23.8 Å². The third-order valence-corrected chi connectivity index (χ3v) is 7.13. The molecule has 2 saturated heterocycles. The molecule has 160 valence electrons. The van der Waals surface area contributed by atoms with Crippen LogP contribution in [-0.2, 0) is 21.9 Å². The molecule has 3 heterocycles. The Morgan fingerprint density at radius 2 is 1.80 bits per heavy atom. The van der Waals surface area contributed by atoms with Gasteiger partial charge in [-0.25, -0.2) is 14.3 Å². The first-order chi connectivity index (χ1) is 14.2. The highest BCUT2D eigenvalue weighted by molar-refractivity contribution is 7.54. The summed E-state index contributed by atoms with van der Waals surface area (Å²) in [6.07, 6.45) is -3.77. The third kappa shape index (κ3) is 4.46. The SMILES string of the molecule is O=[N+]([O-])c1ccc(COP(=O)(N2CC2)N2CC2)cc1Oc1ccc(C(F)(F)F)nc1. The highest BCUT2D eigenvalue weighted by atomic mass is 31.2. The number of pyridine rings is 1. The van der Waals surface area contributed by atoms with Crippen LogP contribution in [0, 0.1) is 10.1 Å². The van der Waals surface area contributed by atoms with Crippen LogP contribution in [0.4, 0.5) is 18.9 Å². The summed E-state index contributed by atoms with van der Waals surface area (Å²) >= 11 is 0. The van der Waals surface area contributed by atoms with E-state index >= 15 is 0 Å². The Morgan fingerprint density at radius 1 is 1.13 bits per heavy atom. The van der Waals surface area contributed by atoms with E-state index in [4.69, 9.17) is 9.26 Å². The summed E-state index contributed by atoms with van der Waals surface area (Å²) in [5.74, 6) is -0.279. The molecule has 13 heteroatoms. The smallest absolute Gasteiger partial charge is 0.433 e. The lowest BCUT2D eigenvalue weighted by Gasteiger charge is -2.19. The van der Waals surface area contributed by atoms with Gasteiger partial charge in [-0.3, -0.25) is 14.7 Å². The zero-order valence-electron chi connectivity index (χ0n) is 15.4. The fourth-order valence-corrected chi connectivity index (χ4v) is 4.90. The number of benzene rings is 1. The molecule has 0 bridgehead atoms. The van der Waals surface area contributed by atoms with Crippen LogP contribution < -0.4 is 4.74 Å². The first kappa shape index (κ1) is 20.7. The third-order valence-electron chi connectivity index (χ3n) is 4.44. The van der Waals surface area contributed by atoms with Gasteiger partial charge in [-0.15, -0.1) is 0 Å². The van der Waals surface area contributed by atoms with Crippen LogP contribution >= 0.6 is 7.67 Å². The molecule has 2 fully saturated rings. The van der Waals surface area contributed by atoms with Crippen molar-refractivity contribution in [1.29, 1.82) is 0 Å². The lowest BCUT2D eigenvalue weighted by Crippen LogP contribution is -2.08. The van der Waals surface area contributed by atoms with Crippen molar-refractivity contribution < 1.29 is 31.9 Å². The van der Waals surface area contributed by atoms with Crippen LogP contribution in [0.2, 0.25) is 0 Å². The quantitative estimate of drug-likeness (QED) is 0.260. The molecule has 2 aromatic rings. The number of nitro groups is 1. The molecule has 0 amide bonds. The number of ether oxygens (including phenoxy) is 1. The van der Waals surface area contributed by atoms with Crippen LogP contribution in [0.3, 0.4) is 0 Å². The predicted molar refractivity (Wildman–Crippen MR) is 98.0 cm³/mol. The first-order valence-electron chi connectivity index (χ1n) is 8.91. The monoisotopic (exact) mass is 444 g/mol. The maximum Gasteiger partial charge on any atom is 0.433 e. The normalized spacial score (nSPS) is 17.0. The molecule has 9 nitrogen and oxygen atoms in total. The van der Waals surface area contributed by atoms with E-state index in [0.717, 1.165) is 18.3 Å². The number of hydrogen-bond acceptors (Lipinski definition) is 6. The Bertz CT molecular complexity index is 993. The average molecular weight is 444 g/mol. The highest BCUT2D eigenvalue weighted by Crippen LogP contribution is 2.61. The summed E-state index contributed by atoms with van der Waals surface area (Å²) in [6.45, 7) is 2.67. The summed E-state index contributed by atoms with van der Waals surface area (Å²) in [5.41, 5.74) is -1.01. The molecule has 1 aromatic carbocycles. The molecule has 0 radical (unpaired) electrons. The molecule has 0 atom stereocenters. The van der Waals surface area contributed by atoms with Crippen molar-refractivity contribution in [1.82, 2.24) is 14.3 Å². The van der Waals surface area contributed by atoms with Crippen LogP contribution in [0.15, 0.2) is 36.5 Å². The van der Waals surface area contributed by atoms with Gasteiger partial charge in [0, 0.05) is 32.2 Å². The van der Waals surface area contributed by atoms with E-state index in [1.165, 1.54) is 18.2 Å². The van der Waals surface area contributed by atoms with Crippen LogP contribution in [-0.4, -0.2) is 45.4 Å². The van der Waals surface area contributed by atoms with Gasteiger partial charge >= 0.3 is 19.5 Å². The first-order valence-corrected chi connectivity index (χ1v) is 10.4. The molecule has 0 unspecified atom stereocenters. The van der Waals surface area contributed by atoms with Crippen LogP contribution in [0.1, 0.15) is 11.3 Å². The summed E-state index contributed by atoms with van der Waals surface area (Å²) in [7, 11) is -3.07. The number of nitrogens with zero attached hydrogens (tertiary/aromatic N) is 4. The van der Waals surface area contributed by atoms with Gasteiger partial charge in [-0.05, 0) is 29.8 Å². The lowest BCUT2D eigenvalue weighted by atomic mass is 10.2. The Morgan fingerprint density at radius 3 is 2.30 bits per heavy atom. The number of alkyl halides is 3. The summed E-state index contributed by atoms with van der Waals surface area (Å²) in [4.78, 5) is 13.9. The molecule has 1 aromatic heterocycles. The van der Waals surface area contributed by atoms with Gasteiger partial charge in [0.15, 0.2) is 0 Å². The molecule has 0 spiro atoms. The predicted octanol–water partition coefficient (Wildman–Crippen LogP) is 4.06. The molecule has 0 saturated carbocycles. The topological polar surface area (TPSA) is 97.6 Å². The second-order valence-corrected chi connectivity index (χ2v) is 9.08. The zero-order chi connectivity index (χ0) is 21.5. The van der Waals surface area contributed by atoms with Crippen molar-refractivity contribution in [3.8, 4) is 11.5 Å². The maximum absolute atomic E-state index is 13.0. The van der Waals surface area contributed by atoms with Gasteiger partial charge in [0.1, 0.15) is 11.4 Å². The number of halogens is 3. The van der Waals surface area contributed by atoms with E-state index in [1.807, 2.05) is 0 Å². The fourth-order valence-electron chi connectivity index (χ4n) is 2.71. The minimum Gasteiger partial charge on any atom is -0.448 e. The molecule has 30 heavy (non-hydrogen) atoms. The number of nitro benzene ring substituents is 1. The van der Waals surface area contributed by atoms with E-state index in [2.05, 4.69) is 4.98 Å². The van der Waals surface area contributed by atoms with Gasteiger partial charge in [-0.1, -0.05) is 0 Å². The minimum absolute atomic E-state index is 0.0656. The van der Waals surface area contributed by atoms with Crippen molar-refractivity contribution >= 4 is 13.4 Å². The zero-order valence-corrected chi connectivity index (χ0v) is 16.3. The molecule has 4 rings (SSSR count). The van der Waals surface area contributed by atoms with Gasteiger partial charge < -0.3 is 9.26 Å². The Kier molecular flexibility index (Phi) is 5.27. The van der Waals surface area contributed by atoms with Crippen LogP contribution in [0.25, 0.3) is 0 Å². The van der Waals surface area contributed by atoms with E-state index < -0.39 is 24.5 Å². The fraction of sp³-hybridized carbons (Fsp3) is 0.353. The molecule has 2 aliphatic heterocycles. The van der Waals surface area contributed by atoms with Crippen molar-refractivity contribution in [2.75, 3.05) is 26.2 Å². The van der Waals surface area contributed by atoms with Crippen molar-refractivity contribution in [3.63, 3.8) is 0 Å². The molecule has 0 aliphatic carbocycles. The minimum atomic E-state index is -4.61. The number of rotatable bonds is 8. The largest absolute Gasteiger partial charge is 0.448 e. The van der Waals surface area contributed by atoms with Crippen molar-refractivity contribution in [3.05, 3.63) is 57.9 Å². The second-order valence-electron chi connectivity index (χ2n) is 6.71. The standard InChI is InChI=1S/C17H16F3N4O5P/c18-17(19,20)16-4-2-13(10-21-16)29-15-9-12(1-3-14(15)24(25)26)11-28-30(27,22-5-6-22)23-7-8-23/h1-4,9-10H,5-8,11H2. The summed E-state index contributed by atoms with van der Waals surface area (Å²) < 4.78 is 65.4. The summed E-state index contributed by atoms with van der Waals surface area (Å²) in [5, 5.41) is 11.3.